The van der Waals surface area contributed by atoms with E-state index >= 15 is 0 Å². The molecule has 3 rings (SSSR count). The summed E-state index contributed by atoms with van der Waals surface area (Å²) in [4.78, 5) is 14.2. The Balaban J connectivity index is 1.59. The van der Waals surface area contributed by atoms with E-state index in [2.05, 4.69) is 29.2 Å². The van der Waals surface area contributed by atoms with Crippen LogP contribution in [0.2, 0.25) is 0 Å². The lowest BCUT2D eigenvalue weighted by Crippen LogP contribution is -2.53. The molecule has 0 amide bonds. The lowest BCUT2D eigenvalue weighted by atomic mass is 9.91. The van der Waals surface area contributed by atoms with Crippen LogP contribution < -0.4 is 4.74 Å². The first-order chi connectivity index (χ1) is 12.6. The summed E-state index contributed by atoms with van der Waals surface area (Å²) in [6.45, 7) is 4.20. The Morgan fingerprint density at radius 1 is 1.15 bits per heavy atom. The van der Waals surface area contributed by atoms with Crippen molar-refractivity contribution in [2.75, 3.05) is 19.6 Å². The third-order valence-electron chi connectivity index (χ3n) is 4.83. The van der Waals surface area contributed by atoms with E-state index in [9.17, 15) is 9.90 Å². The average Bonchev–Trinajstić information content (AvgIpc) is 2.64. The number of hydrogen-bond acceptors (Lipinski definition) is 3. The van der Waals surface area contributed by atoms with Crippen LogP contribution in [0.3, 0.4) is 0 Å². The number of likely N-dealkylation sites (tertiary alicyclic amines) is 1. The van der Waals surface area contributed by atoms with Crippen molar-refractivity contribution in [1.29, 1.82) is 0 Å². The Labute approximate surface area is 154 Å². The highest BCUT2D eigenvalue weighted by Crippen LogP contribution is 2.29. The standard InChI is InChI=1S/C22H25NO3/c1-18-7-5-11-20(17-18)26-22(21(24)25)12-15-23(16-13-22)14-6-10-19-8-3-2-4-9-19/h2-11,17H,12-16H2,1H3,(H,24,25)/b10-6+. The number of carboxylic acid groups (broad SMARTS) is 1. The summed E-state index contributed by atoms with van der Waals surface area (Å²) < 4.78 is 5.96. The molecule has 0 bridgehead atoms. The van der Waals surface area contributed by atoms with Crippen LogP contribution in [-0.2, 0) is 4.79 Å². The zero-order valence-electron chi connectivity index (χ0n) is 15.1. The number of rotatable bonds is 6. The van der Waals surface area contributed by atoms with E-state index in [1.54, 1.807) is 0 Å². The van der Waals surface area contributed by atoms with Gasteiger partial charge in [0.25, 0.3) is 0 Å². The van der Waals surface area contributed by atoms with Crippen molar-refractivity contribution < 1.29 is 14.6 Å². The van der Waals surface area contributed by atoms with Gasteiger partial charge in [-0.1, -0.05) is 54.6 Å². The Bertz CT molecular complexity index is 762. The van der Waals surface area contributed by atoms with Crippen LogP contribution in [0.25, 0.3) is 6.08 Å². The van der Waals surface area contributed by atoms with Crippen molar-refractivity contribution >= 4 is 12.0 Å². The second-order valence-corrected chi connectivity index (χ2v) is 6.83. The fraction of sp³-hybridized carbons (Fsp3) is 0.318. The van der Waals surface area contributed by atoms with E-state index < -0.39 is 11.6 Å². The van der Waals surface area contributed by atoms with Gasteiger partial charge in [0.15, 0.2) is 0 Å². The van der Waals surface area contributed by atoms with Crippen molar-refractivity contribution in [2.45, 2.75) is 25.4 Å². The van der Waals surface area contributed by atoms with Gasteiger partial charge in [-0.3, -0.25) is 4.90 Å². The van der Waals surface area contributed by atoms with E-state index in [1.165, 1.54) is 5.56 Å². The van der Waals surface area contributed by atoms with Gasteiger partial charge >= 0.3 is 5.97 Å². The van der Waals surface area contributed by atoms with Gasteiger partial charge in [0.05, 0.1) is 0 Å². The number of benzene rings is 2. The summed E-state index contributed by atoms with van der Waals surface area (Å²) in [7, 11) is 0. The SMILES string of the molecule is Cc1cccc(OC2(C(=O)O)CCN(C/C=C/c3ccccc3)CC2)c1. The van der Waals surface area contributed by atoms with E-state index in [-0.39, 0.29) is 0 Å². The normalized spacial score (nSPS) is 17.3. The minimum absolute atomic E-state index is 0.482. The molecule has 0 radical (unpaired) electrons. The quantitative estimate of drug-likeness (QED) is 0.854. The number of nitrogens with zero attached hydrogens (tertiary/aromatic N) is 1. The molecule has 4 heteroatoms. The van der Waals surface area contributed by atoms with Gasteiger partial charge in [-0.25, -0.2) is 4.79 Å². The topological polar surface area (TPSA) is 49.8 Å². The fourth-order valence-electron chi connectivity index (χ4n) is 3.26. The number of ether oxygens (including phenoxy) is 1. The first-order valence-electron chi connectivity index (χ1n) is 9.00. The minimum Gasteiger partial charge on any atom is -0.478 e. The van der Waals surface area contributed by atoms with Crippen molar-refractivity contribution in [2.24, 2.45) is 0 Å². The molecule has 0 aliphatic carbocycles. The van der Waals surface area contributed by atoms with Crippen LogP contribution in [0.5, 0.6) is 5.75 Å². The molecule has 2 aromatic rings. The molecule has 0 unspecified atom stereocenters. The molecular formula is C22H25NO3. The molecule has 4 nitrogen and oxygen atoms in total. The molecule has 1 fully saturated rings. The third kappa shape index (κ3) is 4.52. The predicted molar refractivity (Wildman–Crippen MR) is 103 cm³/mol. The zero-order chi connectivity index (χ0) is 18.4. The molecule has 26 heavy (non-hydrogen) atoms. The van der Waals surface area contributed by atoms with Gasteiger partial charge in [0.2, 0.25) is 5.60 Å². The van der Waals surface area contributed by atoms with Crippen LogP contribution in [0.4, 0.5) is 0 Å². The van der Waals surface area contributed by atoms with Gasteiger partial charge in [-0.2, -0.15) is 0 Å². The van der Waals surface area contributed by atoms with Gasteiger partial charge in [0.1, 0.15) is 5.75 Å². The monoisotopic (exact) mass is 351 g/mol. The molecule has 1 aliphatic rings. The third-order valence-corrected chi connectivity index (χ3v) is 4.83. The van der Waals surface area contributed by atoms with Gasteiger partial charge < -0.3 is 9.84 Å². The van der Waals surface area contributed by atoms with Crippen LogP contribution in [0.1, 0.15) is 24.0 Å². The van der Waals surface area contributed by atoms with E-state index in [1.807, 2.05) is 49.4 Å². The largest absolute Gasteiger partial charge is 0.478 e. The van der Waals surface area contributed by atoms with Gasteiger partial charge in [-0.15, -0.1) is 0 Å². The zero-order valence-corrected chi connectivity index (χ0v) is 15.1. The predicted octanol–water partition coefficient (Wildman–Crippen LogP) is 4.01. The molecule has 0 aromatic heterocycles. The maximum atomic E-state index is 11.9. The highest BCUT2D eigenvalue weighted by atomic mass is 16.5. The first-order valence-corrected chi connectivity index (χ1v) is 9.00. The van der Waals surface area contributed by atoms with Crippen molar-refractivity contribution in [3.05, 3.63) is 71.8 Å². The smallest absolute Gasteiger partial charge is 0.348 e. The lowest BCUT2D eigenvalue weighted by Gasteiger charge is -2.38. The molecule has 1 saturated heterocycles. The van der Waals surface area contributed by atoms with Crippen LogP contribution in [0.15, 0.2) is 60.7 Å². The van der Waals surface area contributed by atoms with E-state index in [4.69, 9.17) is 4.74 Å². The molecular weight excluding hydrogens is 326 g/mol. The number of hydrogen-bond donors (Lipinski definition) is 1. The highest BCUT2D eigenvalue weighted by molar-refractivity contribution is 5.78. The molecule has 0 saturated carbocycles. The highest BCUT2D eigenvalue weighted by Gasteiger charge is 2.43. The summed E-state index contributed by atoms with van der Waals surface area (Å²) >= 11 is 0. The first kappa shape index (κ1) is 18.2. The molecule has 1 aliphatic heterocycles. The van der Waals surface area contributed by atoms with Crippen molar-refractivity contribution in [3.8, 4) is 5.75 Å². The molecule has 0 spiro atoms. The average molecular weight is 351 g/mol. The molecule has 136 valence electrons. The van der Waals surface area contributed by atoms with Gasteiger partial charge in [0, 0.05) is 32.5 Å². The second kappa shape index (κ2) is 8.19. The molecule has 1 N–H and O–H groups in total. The maximum absolute atomic E-state index is 11.9. The molecule has 1 heterocycles. The van der Waals surface area contributed by atoms with Crippen LogP contribution >= 0.6 is 0 Å². The van der Waals surface area contributed by atoms with E-state index in [0.717, 1.165) is 12.1 Å². The maximum Gasteiger partial charge on any atom is 0.348 e. The minimum atomic E-state index is -1.13. The molecule has 0 atom stereocenters. The summed E-state index contributed by atoms with van der Waals surface area (Å²) in [5.41, 5.74) is 1.10. The number of aliphatic carboxylic acids is 1. The summed E-state index contributed by atoms with van der Waals surface area (Å²) in [6.07, 6.45) is 5.19. The van der Waals surface area contributed by atoms with E-state index in [0.29, 0.717) is 31.7 Å². The number of carboxylic acids is 1. The summed E-state index contributed by atoms with van der Waals surface area (Å²) in [5, 5.41) is 9.77. The van der Waals surface area contributed by atoms with Crippen molar-refractivity contribution in [3.63, 3.8) is 0 Å². The van der Waals surface area contributed by atoms with Crippen LogP contribution in [-0.4, -0.2) is 41.2 Å². The lowest BCUT2D eigenvalue weighted by molar-refractivity contribution is -0.159. The second-order valence-electron chi connectivity index (χ2n) is 6.83. The fourth-order valence-corrected chi connectivity index (χ4v) is 3.26. The number of carbonyl (C=O) groups is 1. The Morgan fingerprint density at radius 2 is 1.88 bits per heavy atom. The Kier molecular flexibility index (Phi) is 5.74. The summed E-state index contributed by atoms with van der Waals surface area (Å²) in [5.74, 6) is -0.247. The Morgan fingerprint density at radius 3 is 2.54 bits per heavy atom. The Hall–Kier alpha value is -2.59. The van der Waals surface area contributed by atoms with Crippen molar-refractivity contribution in [1.82, 2.24) is 4.90 Å². The molecule has 2 aromatic carbocycles. The van der Waals surface area contributed by atoms with Gasteiger partial charge in [-0.05, 0) is 30.2 Å². The van der Waals surface area contributed by atoms with Crippen LogP contribution in [0, 0.1) is 6.92 Å². The summed E-state index contributed by atoms with van der Waals surface area (Å²) in [6, 6.07) is 17.8. The number of aryl methyl sites for hydroxylation is 1. The number of piperidine rings is 1.